The van der Waals surface area contributed by atoms with Crippen molar-refractivity contribution in [3.05, 3.63) is 18.7 Å². The van der Waals surface area contributed by atoms with Crippen LogP contribution in [0.5, 0.6) is 0 Å². The first kappa shape index (κ1) is 15.0. The third-order valence-electron chi connectivity index (χ3n) is 4.90. The molecule has 20 heavy (non-hydrogen) atoms. The van der Waals surface area contributed by atoms with E-state index in [0.717, 1.165) is 38.8 Å². The fraction of sp³-hybridized carbons (Fsp3) is 0.733. The van der Waals surface area contributed by atoms with Crippen LogP contribution in [0.3, 0.4) is 0 Å². The lowest BCUT2D eigenvalue weighted by Gasteiger charge is -2.39. The minimum atomic E-state index is -0.359. The summed E-state index contributed by atoms with van der Waals surface area (Å²) in [6, 6.07) is 0.470. The standard InChI is InChI=1S/C15H26N4O/c1-3-15(4-2,11-16)14(20)18-8-5-13(6-9-18)19-10-7-17-12-19/h7,10,12-13H,3-6,8-9,11,16H2,1-2H3. The van der Waals surface area contributed by atoms with E-state index in [-0.39, 0.29) is 11.3 Å². The van der Waals surface area contributed by atoms with Crippen molar-refractivity contribution < 1.29 is 4.79 Å². The number of hydrogen-bond donors (Lipinski definition) is 1. The number of aromatic nitrogens is 2. The Hall–Kier alpha value is -1.36. The summed E-state index contributed by atoms with van der Waals surface area (Å²) in [5.74, 6) is 0.245. The van der Waals surface area contributed by atoms with Crippen LogP contribution in [0.25, 0.3) is 0 Å². The first-order chi connectivity index (χ1) is 9.66. The summed E-state index contributed by atoms with van der Waals surface area (Å²) in [6.07, 6.45) is 9.31. The van der Waals surface area contributed by atoms with Crippen LogP contribution in [0, 0.1) is 5.41 Å². The number of nitrogens with two attached hydrogens (primary N) is 1. The van der Waals surface area contributed by atoms with Crippen LogP contribution in [0.15, 0.2) is 18.7 Å². The van der Waals surface area contributed by atoms with Gasteiger partial charge in [-0.25, -0.2) is 4.98 Å². The van der Waals surface area contributed by atoms with Gasteiger partial charge >= 0.3 is 0 Å². The van der Waals surface area contributed by atoms with Gasteiger partial charge < -0.3 is 15.2 Å². The number of likely N-dealkylation sites (tertiary alicyclic amines) is 1. The molecule has 0 unspecified atom stereocenters. The number of nitrogens with zero attached hydrogens (tertiary/aromatic N) is 3. The van der Waals surface area contributed by atoms with Crippen LogP contribution >= 0.6 is 0 Å². The van der Waals surface area contributed by atoms with E-state index in [1.165, 1.54) is 0 Å². The summed E-state index contributed by atoms with van der Waals surface area (Å²) in [7, 11) is 0. The van der Waals surface area contributed by atoms with Gasteiger partial charge in [0.2, 0.25) is 5.91 Å². The summed E-state index contributed by atoms with van der Waals surface area (Å²) < 4.78 is 2.15. The van der Waals surface area contributed by atoms with Crippen LogP contribution in [0.2, 0.25) is 0 Å². The van der Waals surface area contributed by atoms with Crippen molar-refractivity contribution in [2.24, 2.45) is 11.1 Å². The summed E-state index contributed by atoms with van der Waals surface area (Å²) >= 11 is 0. The average Bonchev–Trinajstić information content (AvgIpc) is 3.04. The molecule has 2 rings (SSSR count). The molecule has 0 atom stereocenters. The number of rotatable bonds is 5. The van der Waals surface area contributed by atoms with Crippen LogP contribution in [-0.2, 0) is 4.79 Å². The molecule has 0 saturated carbocycles. The molecular formula is C15H26N4O. The maximum Gasteiger partial charge on any atom is 0.230 e. The maximum absolute atomic E-state index is 12.7. The summed E-state index contributed by atoms with van der Waals surface area (Å²) in [4.78, 5) is 18.8. The Balaban J connectivity index is 1.98. The molecule has 0 bridgehead atoms. The fourth-order valence-corrected chi connectivity index (χ4v) is 3.12. The van der Waals surface area contributed by atoms with Crippen LogP contribution in [-0.4, -0.2) is 40.0 Å². The fourth-order valence-electron chi connectivity index (χ4n) is 3.12. The number of carbonyl (C=O) groups is 1. The largest absolute Gasteiger partial charge is 0.342 e. The number of piperidine rings is 1. The van der Waals surface area contributed by atoms with E-state index in [1.807, 2.05) is 23.6 Å². The van der Waals surface area contributed by atoms with Gasteiger partial charge in [0.05, 0.1) is 11.7 Å². The van der Waals surface area contributed by atoms with E-state index in [9.17, 15) is 4.79 Å². The van der Waals surface area contributed by atoms with Crippen molar-refractivity contribution >= 4 is 5.91 Å². The van der Waals surface area contributed by atoms with Gasteiger partial charge in [-0.3, -0.25) is 4.79 Å². The van der Waals surface area contributed by atoms with Crippen molar-refractivity contribution in [2.75, 3.05) is 19.6 Å². The molecule has 0 radical (unpaired) electrons. The Labute approximate surface area is 121 Å². The minimum absolute atomic E-state index is 0.245. The Bertz CT molecular complexity index is 409. The lowest BCUT2D eigenvalue weighted by molar-refractivity contribution is -0.143. The van der Waals surface area contributed by atoms with Crippen molar-refractivity contribution in [1.29, 1.82) is 0 Å². The van der Waals surface area contributed by atoms with E-state index >= 15 is 0 Å². The third kappa shape index (κ3) is 2.73. The van der Waals surface area contributed by atoms with Gasteiger partial charge in [-0.15, -0.1) is 0 Å². The number of carbonyl (C=O) groups excluding carboxylic acids is 1. The Morgan fingerprint density at radius 1 is 1.35 bits per heavy atom. The quantitative estimate of drug-likeness (QED) is 0.893. The molecule has 2 heterocycles. The average molecular weight is 278 g/mol. The lowest BCUT2D eigenvalue weighted by atomic mass is 9.80. The van der Waals surface area contributed by atoms with Gasteiger partial charge in [-0.2, -0.15) is 0 Å². The van der Waals surface area contributed by atoms with Crippen molar-refractivity contribution in [3.8, 4) is 0 Å². The van der Waals surface area contributed by atoms with E-state index in [2.05, 4.69) is 23.4 Å². The van der Waals surface area contributed by atoms with E-state index in [1.54, 1.807) is 0 Å². The van der Waals surface area contributed by atoms with Gasteiger partial charge in [0.25, 0.3) is 0 Å². The highest BCUT2D eigenvalue weighted by Gasteiger charge is 2.38. The van der Waals surface area contributed by atoms with Crippen molar-refractivity contribution in [2.45, 2.75) is 45.6 Å². The summed E-state index contributed by atoms with van der Waals surface area (Å²) in [5.41, 5.74) is 5.52. The lowest BCUT2D eigenvalue weighted by Crippen LogP contribution is -2.50. The van der Waals surface area contributed by atoms with E-state index in [0.29, 0.717) is 12.6 Å². The van der Waals surface area contributed by atoms with Gasteiger partial charge in [-0.1, -0.05) is 13.8 Å². The third-order valence-corrected chi connectivity index (χ3v) is 4.90. The van der Waals surface area contributed by atoms with Gasteiger partial charge in [0.1, 0.15) is 0 Å². The first-order valence-electron chi connectivity index (χ1n) is 7.63. The topological polar surface area (TPSA) is 64.2 Å². The Morgan fingerprint density at radius 3 is 2.45 bits per heavy atom. The normalized spacial score (nSPS) is 17.4. The molecule has 1 aromatic heterocycles. The zero-order chi connectivity index (χ0) is 14.6. The van der Waals surface area contributed by atoms with Crippen LogP contribution < -0.4 is 5.73 Å². The Morgan fingerprint density at radius 2 is 2.00 bits per heavy atom. The molecule has 112 valence electrons. The molecule has 5 nitrogen and oxygen atoms in total. The molecule has 0 spiro atoms. The van der Waals surface area contributed by atoms with Crippen molar-refractivity contribution in [1.82, 2.24) is 14.5 Å². The van der Waals surface area contributed by atoms with Crippen LogP contribution in [0.1, 0.15) is 45.6 Å². The summed E-state index contributed by atoms with van der Waals surface area (Å²) in [6.45, 7) is 6.21. The zero-order valence-corrected chi connectivity index (χ0v) is 12.6. The predicted octanol–water partition coefficient (Wildman–Crippen LogP) is 1.81. The minimum Gasteiger partial charge on any atom is -0.342 e. The highest BCUT2D eigenvalue weighted by Crippen LogP contribution is 2.31. The number of imidazole rings is 1. The molecule has 2 N–H and O–H groups in total. The smallest absolute Gasteiger partial charge is 0.230 e. The predicted molar refractivity (Wildman–Crippen MR) is 79.1 cm³/mol. The molecule has 1 aliphatic heterocycles. The molecule has 1 aromatic rings. The second-order valence-electron chi connectivity index (χ2n) is 5.72. The zero-order valence-electron chi connectivity index (χ0n) is 12.6. The molecule has 0 aliphatic carbocycles. The number of amides is 1. The molecule has 1 saturated heterocycles. The van der Waals surface area contributed by atoms with Gasteiger partial charge in [0, 0.05) is 38.1 Å². The van der Waals surface area contributed by atoms with Gasteiger partial charge in [0.15, 0.2) is 0 Å². The molecule has 1 aliphatic rings. The van der Waals surface area contributed by atoms with Crippen molar-refractivity contribution in [3.63, 3.8) is 0 Å². The monoisotopic (exact) mass is 278 g/mol. The molecular weight excluding hydrogens is 252 g/mol. The number of hydrogen-bond acceptors (Lipinski definition) is 3. The van der Waals surface area contributed by atoms with E-state index in [4.69, 9.17) is 5.73 Å². The highest BCUT2D eigenvalue weighted by atomic mass is 16.2. The molecule has 1 fully saturated rings. The van der Waals surface area contributed by atoms with E-state index < -0.39 is 0 Å². The SMILES string of the molecule is CCC(CC)(CN)C(=O)N1CCC(n2ccnc2)CC1. The van der Waals surface area contributed by atoms with Gasteiger partial charge in [-0.05, 0) is 25.7 Å². The molecule has 0 aromatic carbocycles. The second-order valence-corrected chi connectivity index (χ2v) is 5.72. The molecule has 1 amide bonds. The maximum atomic E-state index is 12.7. The first-order valence-corrected chi connectivity index (χ1v) is 7.63. The molecule has 5 heteroatoms. The second kappa shape index (κ2) is 6.39. The van der Waals surface area contributed by atoms with Crippen LogP contribution in [0.4, 0.5) is 0 Å². The highest BCUT2D eigenvalue weighted by molar-refractivity contribution is 5.83. The summed E-state index contributed by atoms with van der Waals surface area (Å²) in [5, 5.41) is 0. The Kier molecular flexibility index (Phi) is 4.81.